The molecule has 0 amide bonds. The Morgan fingerprint density at radius 1 is 0.270 bits per heavy atom. The average molecular weight is 816 g/mol. The first-order valence-electron chi connectivity index (χ1n) is 21.8. The van der Waals surface area contributed by atoms with Gasteiger partial charge >= 0.3 is 0 Å². The van der Waals surface area contributed by atoms with Gasteiger partial charge in [0.25, 0.3) is 0 Å². The van der Waals surface area contributed by atoms with Crippen molar-refractivity contribution in [2.75, 3.05) is 4.90 Å². The van der Waals surface area contributed by atoms with Crippen LogP contribution in [-0.4, -0.2) is 0 Å². The lowest BCUT2D eigenvalue weighted by Gasteiger charge is -2.31. The first kappa shape index (κ1) is 34.9. The van der Waals surface area contributed by atoms with Gasteiger partial charge < -0.3 is 4.90 Å². The molecule has 0 N–H and O–H groups in total. The molecule has 2 aliphatic rings. The fraction of sp³-hybridized carbons (Fsp3) is 0.0164. The Morgan fingerprint density at radius 3 is 1.41 bits per heavy atom. The van der Waals surface area contributed by atoms with Gasteiger partial charge in [0.2, 0.25) is 0 Å². The summed E-state index contributed by atoms with van der Waals surface area (Å²) < 4.78 is 2.64. The van der Waals surface area contributed by atoms with Crippen molar-refractivity contribution >= 4 is 80.9 Å². The number of benzene rings is 11. The van der Waals surface area contributed by atoms with E-state index in [0.29, 0.717) is 0 Å². The highest BCUT2D eigenvalue weighted by Crippen LogP contribution is 2.63. The zero-order chi connectivity index (χ0) is 41.2. The lowest BCUT2D eigenvalue weighted by atomic mass is 9.70. The maximum atomic E-state index is 2.48. The van der Waals surface area contributed by atoms with Crippen LogP contribution in [0.25, 0.3) is 85.9 Å². The fourth-order valence-electron chi connectivity index (χ4n) is 11.4. The van der Waals surface area contributed by atoms with Gasteiger partial charge in [-0.2, -0.15) is 0 Å². The van der Waals surface area contributed by atoms with E-state index in [1.54, 1.807) is 0 Å². The molecule has 1 nitrogen and oxygen atoms in total. The van der Waals surface area contributed by atoms with Crippen LogP contribution in [0.15, 0.2) is 224 Å². The van der Waals surface area contributed by atoms with E-state index in [2.05, 4.69) is 229 Å². The van der Waals surface area contributed by atoms with Crippen LogP contribution in [0.2, 0.25) is 0 Å². The van der Waals surface area contributed by atoms with Crippen LogP contribution < -0.4 is 4.90 Å². The number of hydrogen-bond acceptors (Lipinski definition) is 2. The van der Waals surface area contributed by atoms with Crippen molar-refractivity contribution in [2.24, 2.45) is 0 Å². The summed E-state index contributed by atoms with van der Waals surface area (Å²) in [4.78, 5) is 2.48. The highest BCUT2D eigenvalue weighted by atomic mass is 32.1. The predicted octanol–water partition coefficient (Wildman–Crippen LogP) is 17.0. The monoisotopic (exact) mass is 815 g/mol. The van der Waals surface area contributed by atoms with Gasteiger partial charge in [-0.15, -0.1) is 11.3 Å². The van der Waals surface area contributed by atoms with E-state index in [0.717, 1.165) is 17.1 Å². The van der Waals surface area contributed by atoms with Gasteiger partial charge in [-0.05, 0) is 136 Å². The molecule has 292 valence electrons. The van der Waals surface area contributed by atoms with E-state index < -0.39 is 5.41 Å². The van der Waals surface area contributed by atoms with Gasteiger partial charge in [0.05, 0.1) is 5.41 Å². The van der Waals surface area contributed by atoms with Crippen LogP contribution >= 0.6 is 11.3 Å². The summed E-state index contributed by atoms with van der Waals surface area (Å²) in [6.07, 6.45) is 0. The second kappa shape index (κ2) is 13.1. The number of thiophene rings is 1. The molecule has 12 aromatic rings. The summed E-state index contributed by atoms with van der Waals surface area (Å²) in [6, 6.07) is 84.1. The molecule has 11 aromatic carbocycles. The number of rotatable bonds is 4. The zero-order valence-corrected chi connectivity index (χ0v) is 35.0. The second-order valence-electron chi connectivity index (χ2n) is 17.1. The smallest absolute Gasteiger partial charge is 0.0725 e. The van der Waals surface area contributed by atoms with Crippen molar-refractivity contribution in [3.63, 3.8) is 0 Å². The number of nitrogens with zero attached hydrogens (tertiary/aromatic N) is 1. The summed E-state index contributed by atoms with van der Waals surface area (Å²) in [6.45, 7) is 0. The van der Waals surface area contributed by atoms with Crippen molar-refractivity contribution in [2.45, 2.75) is 5.41 Å². The molecule has 0 saturated carbocycles. The Kier molecular flexibility index (Phi) is 7.26. The van der Waals surface area contributed by atoms with E-state index in [4.69, 9.17) is 0 Å². The minimum Gasteiger partial charge on any atom is -0.310 e. The molecule has 14 rings (SSSR count). The van der Waals surface area contributed by atoms with Crippen LogP contribution in [0.1, 0.15) is 22.3 Å². The molecule has 0 saturated heterocycles. The summed E-state index contributed by atoms with van der Waals surface area (Å²) in [5, 5.41) is 10.3. The maximum absolute atomic E-state index is 2.48. The highest BCUT2D eigenvalue weighted by Gasteiger charge is 2.51. The summed E-state index contributed by atoms with van der Waals surface area (Å²) in [5.41, 5.74) is 16.0. The third kappa shape index (κ3) is 4.82. The second-order valence-corrected chi connectivity index (χ2v) is 18.2. The maximum Gasteiger partial charge on any atom is 0.0725 e. The van der Waals surface area contributed by atoms with E-state index >= 15 is 0 Å². The molecule has 0 aliphatic heterocycles. The van der Waals surface area contributed by atoms with E-state index in [9.17, 15) is 0 Å². The minimum absolute atomic E-state index is 0.392. The lowest BCUT2D eigenvalue weighted by Crippen LogP contribution is -2.25. The van der Waals surface area contributed by atoms with Crippen molar-refractivity contribution < 1.29 is 0 Å². The molecule has 0 fully saturated rings. The number of fused-ring (bicyclic) bond motifs is 19. The molecule has 0 unspecified atom stereocenters. The predicted molar refractivity (Wildman–Crippen MR) is 268 cm³/mol. The Morgan fingerprint density at radius 2 is 0.730 bits per heavy atom. The van der Waals surface area contributed by atoms with Crippen molar-refractivity contribution in [1.82, 2.24) is 0 Å². The van der Waals surface area contributed by atoms with Gasteiger partial charge in [0.15, 0.2) is 0 Å². The first-order valence-corrected chi connectivity index (χ1v) is 22.6. The number of hydrogen-bond donors (Lipinski definition) is 0. The molecule has 1 spiro atoms. The van der Waals surface area contributed by atoms with Gasteiger partial charge in [-0.3, -0.25) is 0 Å². The molecular weight excluding hydrogens is 779 g/mol. The van der Waals surface area contributed by atoms with Crippen LogP contribution in [0.4, 0.5) is 17.1 Å². The molecule has 2 aliphatic carbocycles. The standard InChI is InChI=1S/C61H37NS/c1-2-18-45-43(16-1)44-17-3-4-19-46(44)53-36-41(29-32-47(45)53)62(40-15-13-14-38(34-40)39-28-31-52-51-23-8-12-27-59(51)63-60(52)35-39)42-30-33-58-54(37-42)50-22-7-11-26-57(50)61(58)55-24-9-5-20-48(55)49-21-6-10-25-56(49)61/h1-37H. The summed E-state index contributed by atoms with van der Waals surface area (Å²) >= 11 is 1.87. The lowest BCUT2D eigenvalue weighted by molar-refractivity contribution is 0.794. The molecule has 63 heavy (non-hydrogen) atoms. The minimum atomic E-state index is -0.392. The summed E-state index contributed by atoms with van der Waals surface area (Å²) in [7, 11) is 0. The van der Waals surface area contributed by atoms with Crippen LogP contribution in [0.5, 0.6) is 0 Å². The van der Waals surface area contributed by atoms with E-state index in [-0.39, 0.29) is 0 Å². The SMILES string of the molecule is c1cc(-c2ccc3c(c2)sc2ccccc23)cc(N(c2ccc3c(c2)-c2ccccc2C32c3ccccc3-c3ccccc32)c2ccc3c4ccccc4c4ccccc4c3c2)c1. The Labute approximate surface area is 369 Å². The topological polar surface area (TPSA) is 3.24 Å². The van der Waals surface area contributed by atoms with E-state index in [1.165, 1.54) is 108 Å². The van der Waals surface area contributed by atoms with Gasteiger partial charge in [-0.1, -0.05) is 176 Å². The van der Waals surface area contributed by atoms with Gasteiger partial charge in [0, 0.05) is 37.2 Å². The molecule has 0 atom stereocenters. The third-order valence-electron chi connectivity index (χ3n) is 14.0. The zero-order valence-electron chi connectivity index (χ0n) is 34.2. The highest BCUT2D eigenvalue weighted by molar-refractivity contribution is 7.25. The first-order chi connectivity index (χ1) is 31.2. The number of anilines is 3. The van der Waals surface area contributed by atoms with Gasteiger partial charge in [-0.25, -0.2) is 0 Å². The quantitative estimate of drug-likeness (QED) is 0.160. The molecular formula is C61H37NS. The van der Waals surface area contributed by atoms with Crippen LogP contribution in [0, 0.1) is 0 Å². The molecule has 2 heteroatoms. The largest absolute Gasteiger partial charge is 0.310 e. The van der Waals surface area contributed by atoms with Crippen LogP contribution in [0.3, 0.4) is 0 Å². The molecule has 0 bridgehead atoms. The fourth-order valence-corrected chi connectivity index (χ4v) is 12.6. The normalized spacial score (nSPS) is 13.2. The van der Waals surface area contributed by atoms with Crippen molar-refractivity contribution in [3.8, 4) is 33.4 Å². The summed E-state index contributed by atoms with van der Waals surface area (Å²) in [5.74, 6) is 0. The van der Waals surface area contributed by atoms with E-state index in [1.807, 2.05) is 11.3 Å². The Hall–Kier alpha value is -7.78. The Bertz CT molecular complexity index is 3810. The average Bonchev–Trinajstić information content (AvgIpc) is 3.98. The molecule has 0 radical (unpaired) electrons. The third-order valence-corrected chi connectivity index (χ3v) is 15.2. The van der Waals surface area contributed by atoms with Crippen LogP contribution in [-0.2, 0) is 5.41 Å². The molecule has 1 heterocycles. The van der Waals surface area contributed by atoms with Crippen molar-refractivity contribution in [3.05, 3.63) is 247 Å². The Balaban J connectivity index is 1.01. The van der Waals surface area contributed by atoms with Gasteiger partial charge in [0.1, 0.15) is 0 Å². The molecule has 1 aromatic heterocycles. The van der Waals surface area contributed by atoms with Crippen molar-refractivity contribution in [1.29, 1.82) is 0 Å².